The Hall–Kier alpha value is -3.88. The number of anilines is 1. The molecule has 0 saturated heterocycles. The molecule has 0 atom stereocenters. The Kier molecular flexibility index (Phi) is 6.91. The van der Waals surface area contributed by atoms with Crippen LogP contribution in [0.2, 0.25) is 0 Å². The van der Waals surface area contributed by atoms with E-state index < -0.39 is 51.2 Å². The molecule has 0 aliphatic rings. The zero-order chi connectivity index (χ0) is 26.0. The zero-order valence-electron chi connectivity index (χ0n) is 17.3. The van der Waals surface area contributed by atoms with Crippen LogP contribution in [0, 0.1) is 0 Å². The molecule has 35 heavy (non-hydrogen) atoms. The Balaban J connectivity index is 1.93. The lowest BCUT2D eigenvalue weighted by atomic mass is 10.2. The summed E-state index contributed by atoms with van der Waals surface area (Å²) in [7, 11) is -3.64. The van der Waals surface area contributed by atoms with Gasteiger partial charge < -0.3 is 14.8 Å². The lowest BCUT2D eigenvalue weighted by molar-refractivity contribution is -0.274. The number of ether oxygens (including phenoxy) is 2. The second-order valence-electron chi connectivity index (χ2n) is 6.82. The summed E-state index contributed by atoms with van der Waals surface area (Å²) in [5.41, 5.74) is -2.30. The van der Waals surface area contributed by atoms with E-state index in [1.54, 1.807) is 0 Å². The van der Waals surface area contributed by atoms with Crippen molar-refractivity contribution in [1.29, 1.82) is 0 Å². The SMILES string of the molecule is CS(=O)(=O)c1cccc(NC(=O)c2cc(C(F)(F)F)nnc2Oc2ccc(OC(F)(F)F)cc2)c1. The molecule has 1 heterocycles. The summed E-state index contributed by atoms with van der Waals surface area (Å²) in [6, 6.07) is 9.04. The molecule has 1 N–H and O–H groups in total. The second-order valence-corrected chi connectivity index (χ2v) is 8.84. The van der Waals surface area contributed by atoms with Crippen LogP contribution in [0.1, 0.15) is 16.1 Å². The fourth-order valence-electron chi connectivity index (χ4n) is 2.58. The molecule has 186 valence electrons. The van der Waals surface area contributed by atoms with E-state index in [-0.39, 0.29) is 16.3 Å². The highest BCUT2D eigenvalue weighted by Crippen LogP contribution is 2.32. The summed E-state index contributed by atoms with van der Waals surface area (Å²) in [6.45, 7) is 0. The van der Waals surface area contributed by atoms with Crippen molar-refractivity contribution in [1.82, 2.24) is 10.2 Å². The number of nitrogens with zero attached hydrogens (tertiary/aromatic N) is 2. The highest BCUT2D eigenvalue weighted by molar-refractivity contribution is 7.90. The number of hydrogen-bond acceptors (Lipinski definition) is 7. The molecule has 0 unspecified atom stereocenters. The normalized spacial score (nSPS) is 12.2. The molecule has 1 aromatic heterocycles. The van der Waals surface area contributed by atoms with Gasteiger partial charge in [-0.05, 0) is 48.5 Å². The monoisotopic (exact) mass is 521 g/mol. The van der Waals surface area contributed by atoms with Crippen LogP contribution < -0.4 is 14.8 Å². The van der Waals surface area contributed by atoms with E-state index in [4.69, 9.17) is 4.74 Å². The van der Waals surface area contributed by atoms with Gasteiger partial charge in [-0.15, -0.1) is 23.4 Å². The van der Waals surface area contributed by atoms with Crippen molar-refractivity contribution in [3.05, 3.63) is 65.9 Å². The van der Waals surface area contributed by atoms with Gasteiger partial charge in [-0.2, -0.15) is 13.2 Å². The van der Waals surface area contributed by atoms with Crippen LogP contribution in [0.15, 0.2) is 59.5 Å². The summed E-state index contributed by atoms with van der Waals surface area (Å²) < 4.78 is 109. The van der Waals surface area contributed by atoms with Gasteiger partial charge in [-0.25, -0.2) is 8.42 Å². The number of rotatable bonds is 6. The molecule has 2 aromatic carbocycles. The van der Waals surface area contributed by atoms with Gasteiger partial charge in [-0.1, -0.05) is 6.07 Å². The maximum Gasteiger partial charge on any atom is 0.573 e. The lowest BCUT2D eigenvalue weighted by Crippen LogP contribution is -2.18. The van der Waals surface area contributed by atoms with E-state index in [0.717, 1.165) is 36.6 Å². The van der Waals surface area contributed by atoms with Gasteiger partial charge in [-0.3, -0.25) is 4.79 Å². The fraction of sp³-hybridized carbons (Fsp3) is 0.150. The van der Waals surface area contributed by atoms with E-state index in [1.165, 1.54) is 18.2 Å². The Bertz CT molecular complexity index is 1340. The Morgan fingerprint density at radius 3 is 2.11 bits per heavy atom. The number of hydrogen-bond donors (Lipinski definition) is 1. The van der Waals surface area contributed by atoms with E-state index in [1.807, 2.05) is 0 Å². The number of amides is 1. The number of nitrogens with one attached hydrogen (secondary N) is 1. The van der Waals surface area contributed by atoms with Crippen LogP contribution in [0.5, 0.6) is 17.4 Å². The summed E-state index contributed by atoms with van der Waals surface area (Å²) in [6.07, 6.45) is -8.98. The first-order chi connectivity index (χ1) is 16.1. The Labute approximate surface area is 193 Å². The highest BCUT2D eigenvalue weighted by atomic mass is 32.2. The van der Waals surface area contributed by atoms with Crippen molar-refractivity contribution in [3.8, 4) is 17.4 Å². The maximum absolute atomic E-state index is 13.1. The molecule has 3 rings (SSSR count). The van der Waals surface area contributed by atoms with Crippen molar-refractivity contribution >= 4 is 21.4 Å². The van der Waals surface area contributed by atoms with Crippen molar-refractivity contribution in [2.75, 3.05) is 11.6 Å². The number of alkyl halides is 6. The molecule has 8 nitrogen and oxygen atoms in total. The molecular formula is C20H13F6N3O5S. The minimum atomic E-state index is -4.96. The molecule has 0 saturated carbocycles. The number of halogens is 6. The minimum Gasteiger partial charge on any atom is -0.437 e. The Morgan fingerprint density at radius 1 is 0.914 bits per heavy atom. The molecule has 15 heteroatoms. The number of carbonyl (C=O) groups is 1. The molecular weight excluding hydrogens is 508 g/mol. The van der Waals surface area contributed by atoms with Crippen molar-refractivity contribution < 1.29 is 49.0 Å². The molecule has 0 spiro atoms. The van der Waals surface area contributed by atoms with Gasteiger partial charge >= 0.3 is 12.5 Å². The third-order valence-corrected chi connectivity index (χ3v) is 5.20. The van der Waals surface area contributed by atoms with E-state index in [2.05, 4.69) is 20.3 Å². The lowest BCUT2D eigenvalue weighted by Gasteiger charge is -2.13. The third-order valence-electron chi connectivity index (χ3n) is 4.09. The summed E-state index contributed by atoms with van der Waals surface area (Å²) in [5.74, 6) is -2.63. The summed E-state index contributed by atoms with van der Waals surface area (Å²) in [4.78, 5) is 12.6. The van der Waals surface area contributed by atoms with Crippen LogP contribution >= 0.6 is 0 Å². The van der Waals surface area contributed by atoms with Crippen LogP contribution in [-0.4, -0.2) is 37.1 Å². The fourth-order valence-corrected chi connectivity index (χ4v) is 3.25. The molecule has 0 bridgehead atoms. The number of benzene rings is 2. The predicted octanol–water partition coefficient (Wildman–Crippen LogP) is 4.84. The van der Waals surface area contributed by atoms with Crippen LogP contribution in [0.4, 0.5) is 32.0 Å². The standard InChI is InChI=1S/C20H13F6N3O5S/c1-35(31,32)14-4-2-3-11(9-14)27-17(30)15-10-16(19(21,22)23)28-29-18(15)33-12-5-7-13(8-6-12)34-20(24,25)26/h2-10H,1H3,(H,27,30). The molecule has 1 amide bonds. The van der Waals surface area contributed by atoms with Crippen molar-refractivity contribution in [2.45, 2.75) is 17.4 Å². The van der Waals surface area contributed by atoms with Gasteiger partial charge in [0.1, 0.15) is 17.1 Å². The van der Waals surface area contributed by atoms with Crippen LogP contribution in [-0.2, 0) is 16.0 Å². The van der Waals surface area contributed by atoms with Gasteiger partial charge in [0.15, 0.2) is 15.5 Å². The quantitative estimate of drug-likeness (QED) is 0.463. The smallest absolute Gasteiger partial charge is 0.437 e. The number of aromatic nitrogens is 2. The Morgan fingerprint density at radius 2 is 1.54 bits per heavy atom. The first kappa shape index (κ1) is 25.7. The minimum absolute atomic E-state index is 0.0529. The first-order valence-corrected chi connectivity index (χ1v) is 11.1. The zero-order valence-corrected chi connectivity index (χ0v) is 18.1. The van der Waals surface area contributed by atoms with Crippen LogP contribution in [0.25, 0.3) is 0 Å². The van der Waals surface area contributed by atoms with E-state index in [0.29, 0.717) is 6.07 Å². The summed E-state index contributed by atoms with van der Waals surface area (Å²) in [5, 5.41) is 8.50. The number of carbonyl (C=O) groups excluding carboxylic acids is 1. The highest BCUT2D eigenvalue weighted by Gasteiger charge is 2.35. The molecule has 0 fully saturated rings. The van der Waals surface area contributed by atoms with E-state index in [9.17, 15) is 39.6 Å². The second kappa shape index (κ2) is 9.40. The van der Waals surface area contributed by atoms with E-state index >= 15 is 0 Å². The summed E-state index contributed by atoms with van der Waals surface area (Å²) >= 11 is 0. The van der Waals surface area contributed by atoms with Crippen molar-refractivity contribution in [2.24, 2.45) is 0 Å². The average Bonchev–Trinajstić information content (AvgIpc) is 2.73. The first-order valence-electron chi connectivity index (χ1n) is 9.22. The van der Waals surface area contributed by atoms with Gasteiger partial charge in [0, 0.05) is 11.9 Å². The average molecular weight is 521 g/mol. The predicted molar refractivity (Wildman–Crippen MR) is 108 cm³/mol. The molecule has 0 radical (unpaired) electrons. The molecule has 3 aromatic rings. The molecule has 0 aliphatic carbocycles. The molecule has 0 aliphatic heterocycles. The van der Waals surface area contributed by atoms with Crippen LogP contribution in [0.3, 0.4) is 0 Å². The number of sulfone groups is 1. The maximum atomic E-state index is 13.1. The van der Waals surface area contributed by atoms with Gasteiger partial charge in [0.2, 0.25) is 0 Å². The third kappa shape index (κ3) is 7.05. The van der Waals surface area contributed by atoms with Gasteiger partial charge in [0.05, 0.1) is 4.90 Å². The largest absolute Gasteiger partial charge is 0.573 e. The van der Waals surface area contributed by atoms with Gasteiger partial charge in [0.25, 0.3) is 11.8 Å². The van der Waals surface area contributed by atoms with Crippen molar-refractivity contribution in [3.63, 3.8) is 0 Å². The topological polar surface area (TPSA) is 107 Å².